The van der Waals surface area contributed by atoms with Crippen molar-refractivity contribution in [2.75, 3.05) is 13.2 Å². The average molecular weight is 667 g/mol. The molecule has 1 atom stereocenters. The Bertz CT molecular complexity index is 937. The number of carbonyl (C=O) groups is 2. The fourth-order valence-corrected chi connectivity index (χ4v) is 4.78. The third-order valence-electron chi connectivity index (χ3n) is 7.67. The van der Waals surface area contributed by atoms with Crippen molar-refractivity contribution in [2.24, 2.45) is 0 Å². The van der Waals surface area contributed by atoms with Crippen LogP contribution in [0.15, 0.2) is 85.1 Å². The first kappa shape index (κ1) is 45.1. The molecular weight excluding hydrogens is 596 g/mol. The first-order valence-electron chi connectivity index (χ1n) is 19.1. The maximum Gasteiger partial charge on any atom is 0.306 e. The van der Waals surface area contributed by atoms with E-state index >= 15 is 0 Å². The van der Waals surface area contributed by atoms with Gasteiger partial charge in [0.2, 0.25) is 0 Å². The van der Waals surface area contributed by atoms with E-state index in [0.717, 1.165) is 96.3 Å². The van der Waals surface area contributed by atoms with E-state index in [4.69, 9.17) is 9.47 Å². The minimum atomic E-state index is -0.800. The van der Waals surface area contributed by atoms with Gasteiger partial charge in [-0.2, -0.15) is 0 Å². The quantitative estimate of drug-likeness (QED) is 0.0429. The summed E-state index contributed by atoms with van der Waals surface area (Å²) in [5.41, 5.74) is 0. The van der Waals surface area contributed by atoms with Crippen molar-refractivity contribution in [3.8, 4) is 0 Å². The first-order chi connectivity index (χ1) is 23.6. The zero-order valence-corrected chi connectivity index (χ0v) is 30.7. The van der Waals surface area contributed by atoms with Crippen LogP contribution in [-0.4, -0.2) is 36.4 Å². The van der Waals surface area contributed by atoms with Crippen molar-refractivity contribution >= 4 is 11.9 Å². The number of rotatable bonds is 33. The van der Waals surface area contributed by atoms with Crippen LogP contribution in [0.4, 0.5) is 0 Å². The summed E-state index contributed by atoms with van der Waals surface area (Å²) in [5.74, 6) is -0.656. The number of aliphatic hydroxyl groups is 1. The molecular formula is C43H70O5. The third-order valence-corrected chi connectivity index (χ3v) is 7.67. The molecule has 0 bridgehead atoms. The summed E-state index contributed by atoms with van der Waals surface area (Å²) in [7, 11) is 0. The van der Waals surface area contributed by atoms with Crippen LogP contribution in [0.3, 0.4) is 0 Å². The standard InChI is InChI=1S/C43H70O5/c1-3-5-7-9-11-13-15-17-19-20-21-22-24-26-28-30-32-34-36-38-43(46)48-41(39-44)40-47-42(45)37-35-33-31-29-27-25-23-18-16-14-12-10-8-6-4-2/h6,8,11-14,17-19,21-23,26,28,41,44H,3-5,7,9-10,15-16,20,24-25,27,29-40H2,1-2H3/b8-6-,13-11-,14-12-,19-17-,22-21-,23-18-,28-26-/t41-/m0/s1. The van der Waals surface area contributed by atoms with Crippen LogP contribution in [0.5, 0.6) is 0 Å². The lowest BCUT2D eigenvalue weighted by atomic mass is 10.1. The van der Waals surface area contributed by atoms with Gasteiger partial charge in [0.15, 0.2) is 6.10 Å². The van der Waals surface area contributed by atoms with E-state index < -0.39 is 6.10 Å². The van der Waals surface area contributed by atoms with Gasteiger partial charge in [-0.15, -0.1) is 0 Å². The van der Waals surface area contributed by atoms with E-state index in [0.29, 0.717) is 12.8 Å². The lowest BCUT2D eigenvalue weighted by Gasteiger charge is -2.15. The van der Waals surface area contributed by atoms with Crippen molar-refractivity contribution in [1.82, 2.24) is 0 Å². The van der Waals surface area contributed by atoms with Crippen molar-refractivity contribution < 1.29 is 24.2 Å². The number of allylic oxidation sites excluding steroid dienone is 14. The molecule has 0 heterocycles. The Labute approximate surface area is 295 Å². The molecule has 1 N–H and O–H groups in total. The van der Waals surface area contributed by atoms with Crippen molar-refractivity contribution in [3.05, 3.63) is 85.1 Å². The zero-order chi connectivity index (χ0) is 35.0. The normalized spacial score (nSPS) is 13.1. The van der Waals surface area contributed by atoms with Gasteiger partial charge in [-0.25, -0.2) is 0 Å². The number of aliphatic hydroxyl groups excluding tert-OH is 1. The second-order valence-electron chi connectivity index (χ2n) is 12.3. The fourth-order valence-electron chi connectivity index (χ4n) is 4.78. The van der Waals surface area contributed by atoms with Crippen LogP contribution in [0.1, 0.15) is 155 Å². The van der Waals surface area contributed by atoms with E-state index in [9.17, 15) is 14.7 Å². The lowest BCUT2D eigenvalue weighted by Crippen LogP contribution is -2.28. The maximum absolute atomic E-state index is 12.2. The molecule has 0 aliphatic carbocycles. The third kappa shape index (κ3) is 35.9. The van der Waals surface area contributed by atoms with Gasteiger partial charge >= 0.3 is 11.9 Å². The van der Waals surface area contributed by atoms with Gasteiger partial charge in [-0.05, 0) is 89.9 Å². The summed E-state index contributed by atoms with van der Waals surface area (Å²) in [4.78, 5) is 24.2. The van der Waals surface area contributed by atoms with Crippen LogP contribution in [0.25, 0.3) is 0 Å². The summed E-state index contributed by atoms with van der Waals surface area (Å²) in [6.45, 7) is 3.93. The zero-order valence-electron chi connectivity index (χ0n) is 30.7. The van der Waals surface area contributed by atoms with E-state index in [-0.39, 0.29) is 25.2 Å². The van der Waals surface area contributed by atoms with E-state index in [1.165, 1.54) is 32.1 Å². The van der Waals surface area contributed by atoms with Gasteiger partial charge < -0.3 is 14.6 Å². The smallest absolute Gasteiger partial charge is 0.306 e. The SMILES string of the molecule is CC/C=C\C/C=C\C/C=C\CCCCCCCC(=O)OC[C@H](CO)OC(=O)CCCCC/C=C\C/C=C\C/C=C\C/C=C\CCCCC. The molecule has 0 saturated carbocycles. The summed E-state index contributed by atoms with van der Waals surface area (Å²) in [6, 6.07) is 0. The predicted molar refractivity (Wildman–Crippen MR) is 205 cm³/mol. The topological polar surface area (TPSA) is 72.8 Å². The molecule has 48 heavy (non-hydrogen) atoms. The van der Waals surface area contributed by atoms with Crippen LogP contribution in [0, 0.1) is 0 Å². The summed E-state index contributed by atoms with van der Waals surface area (Å²) in [5, 5.41) is 9.54. The number of ether oxygens (including phenoxy) is 2. The highest BCUT2D eigenvalue weighted by atomic mass is 16.6. The monoisotopic (exact) mass is 667 g/mol. The number of hydrogen-bond acceptors (Lipinski definition) is 5. The first-order valence-corrected chi connectivity index (χ1v) is 19.1. The van der Waals surface area contributed by atoms with Crippen molar-refractivity contribution in [3.63, 3.8) is 0 Å². The molecule has 0 rings (SSSR count). The Morgan fingerprint density at radius 1 is 0.500 bits per heavy atom. The molecule has 0 aromatic carbocycles. The highest BCUT2D eigenvalue weighted by Crippen LogP contribution is 2.10. The van der Waals surface area contributed by atoms with Crippen LogP contribution < -0.4 is 0 Å². The molecule has 5 nitrogen and oxygen atoms in total. The molecule has 0 aromatic rings. The van der Waals surface area contributed by atoms with Gasteiger partial charge in [-0.1, -0.05) is 137 Å². The van der Waals surface area contributed by atoms with Gasteiger partial charge in [0.25, 0.3) is 0 Å². The molecule has 0 aromatic heterocycles. The van der Waals surface area contributed by atoms with Gasteiger partial charge in [0, 0.05) is 12.8 Å². The Balaban J connectivity index is 3.70. The van der Waals surface area contributed by atoms with Gasteiger partial charge in [0.1, 0.15) is 6.61 Å². The average Bonchev–Trinajstić information content (AvgIpc) is 3.09. The maximum atomic E-state index is 12.2. The summed E-state index contributed by atoms with van der Waals surface area (Å²) >= 11 is 0. The predicted octanol–water partition coefficient (Wildman–Crippen LogP) is 11.9. The molecule has 272 valence electrons. The molecule has 0 aliphatic heterocycles. The van der Waals surface area contributed by atoms with Gasteiger partial charge in [-0.3, -0.25) is 9.59 Å². The number of hydrogen-bond donors (Lipinski definition) is 1. The highest BCUT2D eigenvalue weighted by molar-refractivity contribution is 5.70. The largest absolute Gasteiger partial charge is 0.462 e. The molecule has 0 unspecified atom stereocenters. The molecule has 0 fully saturated rings. The van der Waals surface area contributed by atoms with Crippen LogP contribution in [-0.2, 0) is 19.1 Å². The minimum Gasteiger partial charge on any atom is -0.462 e. The Morgan fingerprint density at radius 3 is 1.38 bits per heavy atom. The number of esters is 2. The Hall–Kier alpha value is -2.92. The second-order valence-corrected chi connectivity index (χ2v) is 12.3. The van der Waals surface area contributed by atoms with Crippen molar-refractivity contribution in [2.45, 2.75) is 161 Å². The molecule has 0 aliphatic rings. The van der Waals surface area contributed by atoms with E-state index in [1.54, 1.807) is 0 Å². The molecule has 0 spiro atoms. The van der Waals surface area contributed by atoms with Gasteiger partial charge in [0.05, 0.1) is 6.61 Å². The van der Waals surface area contributed by atoms with E-state index in [2.05, 4.69) is 98.9 Å². The highest BCUT2D eigenvalue weighted by Gasteiger charge is 2.16. The van der Waals surface area contributed by atoms with Crippen LogP contribution in [0.2, 0.25) is 0 Å². The molecule has 0 amide bonds. The fraction of sp³-hybridized carbons (Fsp3) is 0.628. The molecule has 0 saturated heterocycles. The Morgan fingerprint density at radius 2 is 0.896 bits per heavy atom. The molecule has 5 heteroatoms. The Kier molecular flexibility index (Phi) is 36.2. The van der Waals surface area contributed by atoms with E-state index in [1.807, 2.05) is 0 Å². The second kappa shape index (κ2) is 38.5. The lowest BCUT2D eigenvalue weighted by molar-refractivity contribution is -0.161. The minimum absolute atomic E-state index is 0.0932. The summed E-state index contributed by atoms with van der Waals surface area (Å²) in [6.07, 6.45) is 52.1. The number of unbranched alkanes of at least 4 members (excludes halogenated alkanes) is 11. The van der Waals surface area contributed by atoms with Crippen LogP contribution >= 0.6 is 0 Å². The summed E-state index contributed by atoms with van der Waals surface area (Å²) < 4.78 is 10.6. The number of carbonyl (C=O) groups excluding carboxylic acids is 2. The van der Waals surface area contributed by atoms with Crippen molar-refractivity contribution in [1.29, 1.82) is 0 Å². The molecule has 0 radical (unpaired) electrons.